The van der Waals surface area contributed by atoms with Crippen LogP contribution in [-0.2, 0) is 10.0 Å². The van der Waals surface area contributed by atoms with Crippen LogP contribution in [0.4, 0.5) is 5.95 Å². The molecule has 0 aliphatic carbocycles. The van der Waals surface area contributed by atoms with E-state index in [2.05, 4.69) is 16.1 Å². The van der Waals surface area contributed by atoms with Gasteiger partial charge in [0.1, 0.15) is 0 Å². The number of nitrogens with two attached hydrogens (primary N) is 1. The highest BCUT2D eigenvalue weighted by Gasteiger charge is 2.24. The fourth-order valence-corrected chi connectivity index (χ4v) is 3.38. The zero-order chi connectivity index (χ0) is 16.4. The Morgan fingerprint density at radius 3 is 2.57 bits per heavy atom. The first kappa shape index (κ1) is 15.2. The number of hydrogen-bond donors (Lipinski definition) is 1. The Hall–Kier alpha value is -2.67. The third kappa shape index (κ3) is 2.83. The van der Waals surface area contributed by atoms with Gasteiger partial charge in [-0.1, -0.05) is 49.4 Å². The lowest BCUT2D eigenvalue weighted by atomic mass is 10.0. The SMILES string of the molecule is CC(c1c[c]ccc1)c1nc(N)n(S(=O)(=O)c2ccccc2)n1. The van der Waals surface area contributed by atoms with Crippen LogP contribution < -0.4 is 5.73 Å². The van der Waals surface area contributed by atoms with E-state index in [0.717, 1.165) is 9.65 Å². The van der Waals surface area contributed by atoms with Gasteiger partial charge in [-0.15, -0.1) is 9.19 Å². The maximum Gasteiger partial charge on any atom is 0.286 e. The molecule has 0 bridgehead atoms. The quantitative estimate of drug-likeness (QED) is 0.792. The third-order valence-electron chi connectivity index (χ3n) is 3.51. The Kier molecular flexibility index (Phi) is 3.87. The molecule has 0 aliphatic heterocycles. The lowest BCUT2D eigenvalue weighted by molar-refractivity contribution is 0.580. The van der Waals surface area contributed by atoms with Crippen LogP contribution in [0.2, 0.25) is 0 Å². The predicted molar refractivity (Wildman–Crippen MR) is 86.3 cm³/mol. The molecule has 0 saturated heterocycles. The monoisotopic (exact) mass is 327 g/mol. The van der Waals surface area contributed by atoms with Crippen LogP contribution >= 0.6 is 0 Å². The normalized spacial score (nSPS) is 12.9. The van der Waals surface area contributed by atoms with E-state index in [1.807, 2.05) is 25.1 Å². The van der Waals surface area contributed by atoms with Gasteiger partial charge >= 0.3 is 0 Å². The Balaban J connectivity index is 2.02. The van der Waals surface area contributed by atoms with Crippen LogP contribution in [0.3, 0.4) is 0 Å². The number of hydrogen-bond acceptors (Lipinski definition) is 5. The largest absolute Gasteiger partial charge is 0.367 e. The first-order chi connectivity index (χ1) is 11.0. The van der Waals surface area contributed by atoms with Crippen LogP contribution in [-0.4, -0.2) is 22.6 Å². The molecule has 1 heterocycles. The molecule has 23 heavy (non-hydrogen) atoms. The first-order valence-corrected chi connectivity index (χ1v) is 8.43. The van der Waals surface area contributed by atoms with Gasteiger partial charge in [-0.05, 0) is 23.8 Å². The molecule has 1 unspecified atom stereocenters. The summed E-state index contributed by atoms with van der Waals surface area (Å²) in [5.41, 5.74) is 6.72. The molecule has 117 valence electrons. The molecule has 1 aromatic heterocycles. The molecule has 1 radical (unpaired) electrons. The van der Waals surface area contributed by atoms with Crippen molar-refractivity contribution in [2.75, 3.05) is 5.73 Å². The van der Waals surface area contributed by atoms with E-state index in [1.165, 1.54) is 12.1 Å². The average molecular weight is 327 g/mol. The molecule has 0 spiro atoms. The van der Waals surface area contributed by atoms with Crippen molar-refractivity contribution in [3.63, 3.8) is 0 Å². The molecule has 0 saturated carbocycles. The highest BCUT2D eigenvalue weighted by molar-refractivity contribution is 7.90. The standard InChI is InChI=1S/C16H15N4O2S/c1-12(13-8-4-2-5-9-13)15-18-16(17)20(19-15)23(21,22)14-10-6-3-7-11-14/h2-4,6-12H,1H3,(H2,17,18,19). The van der Waals surface area contributed by atoms with E-state index in [1.54, 1.807) is 24.3 Å². The van der Waals surface area contributed by atoms with Crippen LogP contribution in [0.5, 0.6) is 0 Å². The van der Waals surface area contributed by atoms with Crippen LogP contribution in [0.1, 0.15) is 24.2 Å². The average Bonchev–Trinajstić information content (AvgIpc) is 2.98. The smallest absolute Gasteiger partial charge is 0.286 e. The van der Waals surface area contributed by atoms with Crippen molar-refractivity contribution in [2.24, 2.45) is 0 Å². The Labute approximate surface area is 134 Å². The van der Waals surface area contributed by atoms with Gasteiger partial charge in [0.05, 0.1) is 4.90 Å². The molecule has 1 atom stereocenters. The maximum absolute atomic E-state index is 12.6. The summed E-state index contributed by atoms with van der Waals surface area (Å²) in [6, 6.07) is 18.3. The van der Waals surface area contributed by atoms with Gasteiger partial charge < -0.3 is 5.73 Å². The third-order valence-corrected chi connectivity index (χ3v) is 5.10. The van der Waals surface area contributed by atoms with Gasteiger partial charge in [-0.2, -0.15) is 13.4 Å². The zero-order valence-electron chi connectivity index (χ0n) is 12.4. The summed E-state index contributed by atoms with van der Waals surface area (Å²) in [7, 11) is -3.85. The minimum atomic E-state index is -3.85. The van der Waals surface area contributed by atoms with Crippen molar-refractivity contribution < 1.29 is 8.42 Å². The zero-order valence-corrected chi connectivity index (χ0v) is 13.2. The van der Waals surface area contributed by atoms with Gasteiger partial charge in [0.15, 0.2) is 5.82 Å². The van der Waals surface area contributed by atoms with Crippen molar-refractivity contribution in [1.82, 2.24) is 14.2 Å². The summed E-state index contributed by atoms with van der Waals surface area (Å²) >= 11 is 0. The molecule has 3 rings (SSSR count). The molecule has 0 amide bonds. The van der Waals surface area contributed by atoms with Crippen molar-refractivity contribution in [3.05, 3.63) is 72.1 Å². The van der Waals surface area contributed by atoms with E-state index in [4.69, 9.17) is 5.73 Å². The second kappa shape index (κ2) is 5.85. The number of aromatic nitrogens is 3. The Morgan fingerprint density at radius 2 is 1.91 bits per heavy atom. The first-order valence-electron chi connectivity index (χ1n) is 6.99. The summed E-state index contributed by atoms with van der Waals surface area (Å²) < 4.78 is 26.0. The van der Waals surface area contributed by atoms with Crippen LogP contribution in [0.15, 0.2) is 59.5 Å². The van der Waals surface area contributed by atoms with E-state index < -0.39 is 10.0 Å². The number of nitrogen functional groups attached to an aromatic ring is 1. The number of benzene rings is 2. The summed E-state index contributed by atoms with van der Waals surface area (Å²) in [5.74, 6) is -0.000747. The van der Waals surface area contributed by atoms with Gasteiger partial charge in [0, 0.05) is 5.92 Å². The topological polar surface area (TPSA) is 90.9 Å². The highest BCUT2D eigenvalue weighted by atomic mass is 32.2. The summed E-state index contributed by atoms with van der Waals surface area (Å²) in [6.45, 7) is 1.89. The lowest BCUT2D eigenvalue weighted by Crippen LogP contribution is -2.17. The molecular formula is C16H15N4O2S. The molecule has 0 fully saturated rings. The summed E-state index contributed by atoms with van der Waals surface area (Å²) in [5, 5.41) is 4.11. The molecule has 2 aromatic carbocycles. The fraction of sp³-hybridized carbons (Fsp3) is 0.125. The summed E-state index contributed by atoms with van der Waals surface area (Å²) in [6.07, 6.45) is 0. The van der Waals surface area contributed by atoms with Crippen LogP contribution in [0, 0.1) is 6.07 Å². The van der Waals surface area contributed by atoms with E-state index in [-0.39, 0.29) is 16.8 Å². The van der Waals surface area contributed by atoms with E-state index in [9.17, 15) is 8.42 Å². The molecule has 2 N–H and O–H groups in total. The Bertz CT molecular complexity index is 906. The molecule has 7 heteroatoms. The van der Waals surface area contributed by atoms with Crippen molar-refractivity contribution in [1.29, 1.82) is 0 Å². The number of nitrogens with zero attached hydrogens (tertiary/aromatic N) is 3. The fourth-order valence-electron chi connectivity index (χ4n) is 2.21. The van der Waals surface area contributed by atoms with Gasteiger partial charge in [0.2, 0.25) is 5.95 Å². The minimum Gasteiger partial charge on any atom is -0.367 e. The Morgan fingerprint density at radius 1 is 1.17 bits per heavy atom. The summed E-state index contributed by atoms with van der Waals surface area (Å²) in [4.78, 5) is 4.23. The number of anilines is 1. The van der Waals surface area contributed by atoms with E-state index >= 15 is 0 Å². The van der Waals surface area contributed by atoms with Gasteiger partial charge in [-0.3, -0.25) is 0 Å². The second-order valence-corrected chi connectivity index (χ2v) is 6.82. The number of rotatable bonds is 4. The minimum absolute atomic E-state index is 0.115. The molecular weight excluding hydrogens is 312 g/mol. The highest BCUT2D eigenvalue weighted by Crippen LogP contribution is 2.23. The van der Waals surface area contributed by atoms with Crippen molar-refractivity contribution in [2.45, 2.75) is 17.7 Å². The predicted octanol–water partition coefficient (Wildman–Crippen LogP) is 2.05. The molecule has 0 aliphatic rings. The lowest BCUT2D eigenvalue weighted by Gasteiger charge is -2.07. The molecule has 6 nitrogen and oxygen atoms in total. The van der Waals surface area contributed by atoms with Crippen molar-refractivity contribution in [3.8, 4) is 0 Å². The second-order valence-electron chi connectivity index (χ2n) is 5.05. The van der Waals surface area contributed by atoms with Gasteiger partial charge in [0.25, 0.3) is 10.0 Å². The maximum atomic E-state index is 12.6. The van der Waals surface area contributed by atoms with Crippen LogP contribution in [0.25, 0.3) is 0 Å². The molecule has 3 aromatic rings. The van der Waals surface area contributed by atoms with Gasteiger partial charge in [-0.25, -0.2) is 0 Å². The van der Waals surface area contributed by atoms with Crippen molar-refractivity contribution >= 4 is 16.0 Å². The van der Waals surface area contributed by atoms with E-state index in [0.29, 0.717) is 5.82 Å².